The van der Waals surface area contributed by atoms with E-state index in [9.17, 15) is 0 Å². The van der Waals surface area contributed by atoms with Crippen molar-refractivity contribution in [3.8, 4) is 0 Å². The SMILES string of the molecule is C=CCCCCCC(=CCCCC)CC(C)C=C. The summed E-state index contributed by atoms with van der Waals surface area (Å²) in [6, 6.07) is 0. The fraction of sp³-hybridized carbons (Fsp3) is 0.667. The molecule has 1 atom stereocenters. The Morgan fingerprint density at radius 3 is 2.44 bits per heavy atom. The largest absolute Gasteiger partial charge is 0.103 e. The Morgan fingerprint density at radius 1 is 1.06 bits per heavy atom. The molecule has 0 N–H and O–H groups in total. The lowest BCUT2D eigenvalue weighted by Crippen LogP contribution is -1.94. The third-order valence-electron chi connectivity index (χ3n) is 3.38. The van der Waals surface area contributed by atoms with Gasteiger partial charge in [-0.3, -0.25) is 0 Å². The average Bonchev–Trinajstić information content (AvgIpc) is 2.38. The number of allylic oxidation sites excluding steroid dienone is 4. The summed E-state index contributed by atoms with van der Waals surface area (Å²) in [5.74, 6) is 0.617. The van der Waals surface area contributed by atoms with Gasteiger partial charge in [-0.15, -0.1) is 13.2 Å². The van der Waals surface area contributed by atoms with Gasteiger partial charge in [0.05, 0.1) is 0 Å². The maximum absolute atomic E-state index is 3.89. The quantitative estimate of drug-likeness (QED) is 0.275. The molecule has 0 bridgehead atoms. The van der Waals surface area contributed by atoms with E-state index in [2.05, 4.69) is 39.2 Å². The summed E-state index contributed by atoms with van der Waals surface area (Å²) < 4.78 is 0. The zero-order valence-electron chi connectivity index (χ0n) is 12.6. The monoisotopic (exact) mass is 248 g/mol. The van der Waals surface area contributed by atoms with Crippen molar-refractivity contribution in [2.45, 2.75) is 71.6 Å². The molecule has 0 saturated carbocycles. The minimum Gasteiger partial charge on any atom is -0.103 e. The molecule has 0 nitrogen and oxygen atoms in total. The lowest BCUT2D eigenvalue weighted by atomic mass is 9.95. The van der Waals surface area contributed by atoms with Gasteiger partial charge in [0, 0.05) is 0 Å². The Hall–Kier alpha value is -0.780. The molecule has 18 heavy (non-hydrogen) atoms. The molecule has 0 amide bonds. The molecular formula is C18H32. The van der Waals surface area contributed by atoms with Gasteiger partial charge in [0.1, 0.15) is 0 Å². The van der Waals surface area contributed by atoms with E-state index in [1.807, 2.05) is 6.08 Å². The van der Waals surface area contributed by atoms with Gasteiger partial charge in [-0.1, -0.05) is 56.9 Å². The number of hydrogen-bond donors (Lipinski definition) is 0. The Balaban J connectivity index is 3.99. The molecule has 104 valence electrons. The molecule has 0 rings (SSSR count). The molecule has 0 heterocycles. The van der Waals surface area contributed by atoms with Gasteiger partial charge in [0.25, 0.3) is 0 Å². The van der Waals surface area contributed by atoms with Crippen LogP contribution in [-0.2, 0) is 0 Å². The normalized spacial score (nSPS) is 13.3. The van der Waals surface area contributed by atoms with E-state index in [4.69, 9.17) is 0 Å². The zero-order valence-corrected chi connectivity index (χ0v) is 12.6. The molecule has 0 aliphatic heterocycles. The highest BCUT2D eigenvalue weighted by Crippen LogP contribution is 2.20. The Labute approximate surface area is 115 Å². The predicted octanol–water partition coefficient (Wildman–Crippen LogP) is 6.45. The fourth-order valence-electron chi connectivity index (χ4n) is 2.11. The maximum atomic E-state index is 3.89. The summed E-state index contributed by atoms with van der Waals surface area (Å²) in [5.41, 5.74) is 1.65. The summed E-state index contributed by atoms with van der Waals surface area (Å²) >= 11 is 0. The van der Waals surface area contributed by atoms with Crippen LogP contribution in [0.5, 0.6) is 0 Å². The summed E-state index contributed by atoms with van der Waals surface area (Å²) in [5, 5.41) is 0. The Bertz CT molecular complexity index is 234. The third kappa shape index (κ3) is 10.4. The van der Waals surface area contributed by atoms with Gasteiger partial charge in [-0.25, -0.2) is 0 Å². The van der Waals surface area contributed by atoms with Crippen LogP contribution in [0.15, 0.2) is 37.0 Å². The van der Waals surface area contributed by atoms with Crippen LogP contribution >= 0.6 is 0 Å². The second-order valence-electron chi connectivity index (χ2n) is 5.31. The second kappa shape index (κ2) is 12.7. The van der Waals surface area contributed by atoms with Crippen molar-refractivity contribution >= 4 is 0 Å². The van der Waals surface area contributed by atoms with Crippen molar-refractivity contribution in [1.29, 1.82) is 0 Å². The summed E-state index contributed by atoms with van der Waals surface area (Å²) in [4.78, 5) is 0. The van der Waals surface area contributed by atoms with Crippen LogP contribution in [0.2, 0.25) is 0 Å². The maximum Gasteiger partial charge on any atom is -0.0227 e. The zero-order chi connectivity index (χ0) is 13.6. The first-order valence-electron chi connectivity index (χ1n) is 7.65. The Kier molecular flexibility index (Phi) is 12.1. The van der Waals surface area contributed by atoms with Crippen molar-refractivity contribution in [3.05, 3.63) is 37.0 Å². The molecule has 0 aliphatic carbocycles. The first kappa shape index (κ1) is 17.2. The smallest absolute Gasteiger partial charge is 0.0227 e. The highest BCUT2D eigenvalue weighted by molar-refractivity contribution is 5.04. The van der Waals surface area contributed by atoms with E-state index in [-0.39, 0.29) is 0 Å². The first-order chi connectivity index (χ1) is 8.74. The summed E-state index contributed by atoms with van der Waals surface area (Å²) in [6.45, 7) is 12.2. The van der Waals surface area contributed by atoms with E-state index >= 15 is 0 Å². The third-order valence-corrected chi connectivity index (χ3v) is 3.38. The van der Waals surface area contributed by atoms with Gasteiger partial charge in [0.15, 0.2) is 0 Å². The topological polar surface area (TPSA) is 0 Å². The van der Waals surface area contributed by atoms with Crippen molar-refractivity contribution in [2.24, 2.45) is 5.92 Å². The molecule has 1 unspecified atom stereocenters. The molecule has 0 heteroatoms. The van der Waals surface area contributed by atoms with Crippen LogP contribution in [0.25, 0.3) is 0 Å². The van der Waals surface area contributed by atoms with Gasteiger partial charge >= 0.3 is 0 Å². The van der Waals surface area contributed by atoms with Gasteiger partial charge in [-0.2, -0.15) is 0 Å². The van der Waals surface area contributed by atoms with Crippen LogP contribution in [0.4, 0.5) is 0 Å². The van der Waals surface area contributed by atoms with Crippen LogP contribution in [0.1, 0.15) is 71.6 Å². The van der Waals surface area contributed by atoms with Crippen molar-refractivity contribution < 1.29 is 0 Å². The van der Waals surface area contributed by atoms with Gasteiger partial charge in [0.2, 0.25) is 0 Å². The molecule has 0 radical (unpaired) electrons. The first-order valence-corrected chi connectivity index (χ1v) is 7.65. The van der Waals surface area contributed by atoms with Crippen LogP contribution < -0.4 is 0 Å². The van der Waals surface area contributed by atoms with E-state index < -0.39 is 0 Å². The second-order valence-corrected chi connectivity index (χ2v) is 5.31. The van der Waals surface area contributed by atoms with Gasteiger partial charge in [-0.05, 0) is 44.4 Å². The lowest BCUT2D eigenvalue weighted by Gasteiger charge is -2.11. The lowest BCUT2D eigenvalue weighted by molar-refractivity contribution is 0.633. The van der Waals surface area contributed by atoms with Crippen molar-refractivity contribution in [2.75, 3.05) is 0 Å². The van der Waals surface area contributed by atoms with Crippen molar-refractivity contribution in [1.82, 2.24) is 0 Å². The molecule has 0 spiro atoms. The predicted molar refractivity (Wildman–Crippen MR) is 84.9 cm³/mol. The molecule has 0 aromatic rings. The molecule has 0 fully saturated rings. The minimum absolute atomic E-state index is 0.617. The van der Waals surface area contributed by atoms with E-state index in [1.54, 1.807) is 5.57 Å². The van der Waals surface area contributed by atoms with Crippen LogP contribution in [0.3, 0.4) is 0 Å². The fourth-order valence-corrected chi connectivity index (χ4v) is 2.11. The van der Waals surface area contributed by atoms with E-state index in [0.29, 0.717) is 5.92 Å². The van der Waals surface area contributed by atoms with Crippen LogP contribution in [0, 0.1) is 5.92 Å². The highest BCUT2D eigenvalue weighted by Gasteiger charge is 2.02. The average molecular weight is 248 g/mol. The minimum atomic E-state index is 0.617. The van der Waals surface area contributed by atoms with Crippen molar-refractivity contribution in [3.63, 3.8) is 0 Å². The number of unbranched alkanes of at least 4 members (excludes halogenated alkanes) is 5. The highest BCUT2D eigenvalue weighted by atomic mass is 14.1. The molecule has 0 saturated heterocycles. The van der Waals surface area contributed by atoms with Gasteiger partial charge < -0.3 is 0 Å². The molecular weight excluding hydrogens is 216 g/mol. The standard InChI is InChI=1S/C18H32/c1-5-8-10-11-13-15-18(14-12-9-6-2)16-17(4)7-3/h5,7,14,17H,1,3,6,8-13,15-16H2,2,4H3. The number of hydrogen-bond acceptors (Lipinski definition) is 0. The summed E-state index contributed by atoms with van der Waals surface area (Å²) in [6.07, 6.45) is 18.1. The molecule has 0 aromatic heterocycles. The molecule has 0 aromatic carbocycles. The van der Waals surface area contributed by atoms with E-state index in [1.165, 1.54) is 51.4 Å². The van der Waals surface area contributed by atoms with Crippen LogP contribution in [-0.4, -0.2) is 0 Å². The Morgan fingerprint density at radius 2 is 1.83 bits per heavy atom. The summed E-state index contributed by atoms with van der Waals surface area (Å²) in [7, 11) is 0. The number of rotatable bonds is 12. The van der Waals surface area contributed by atoms with E-state index in [0.717, 1.165) is 6.42 Å². The molecule has 0 aliphatic rings.